The molecule has 0 saturated heterocycles. The minimum Gasteiger partial charge on any atom is -0.454 e. The lowest BCUT2D eigenvalue weighted by Crippen LogP contribution is -2.38. The van der Waals surface area contributed by atoms with Crippen molar-refractivity contribution >= 4 is 35.1 Å². The number of rotatable bonds is 6. The van der Waals surface area contributed by atoms with Crippen molar-refractivity contribution in [2.45, 2.75) is 13.0 Å². The number of ether oxygens (including phenoxy) is 3. The summed E-state index contributed by atoms with van der Waals surface area (Å²) < 4.78 is 15.4. The van der Waals surface area contributed by atoms with E-state index < -0.39 is 47.0 Å². The Kier molecular flexibility index (Phi) is 5.18. The highest BCUT2D eigenvalue weighted by Crippen LogP contribution is 2.34. The zero-order valence-corrected chi connectivity index (χ0v) is 16.5. The van der Waals surface area contributed by atoms with Gasteiger partial charge in [-0.1, -0.05) is 6.07 Å². The fourth-order valence-corrected chi connectivity index (χ4v) is 3.25. The molecule has 0 aliphatic carbocycles. The topological polar surface area (TPSA) is 154 Å². The normalized spacial score (nSPS) is 14.7. The van der Waals surface area contributed by atoms with Crippen molar-refractivity contribution in [2.75, 3.05) is 18.7 Å². The third-order valence-corrected chi connectivity index (χ3v) is 4.78. The Hall–Kier alpha value is -4.48. The highest BCUT2D eigenvalue weighted by atomic mass is 16.7. The molecule has 2 aliphatic heterocycles. The summed E-state index contributed by atoms with van der Waals surface area (Å²) in [6.45, 7) is 0.584. The minimum atomic E-state index is -1.25. The van der Waals surface area contributed by atoms with Crippen molar-refractivity contribution in [3.63, 3.8) is 0 Å². The molecule has 0 unspecified atom stereocenters. The number of benzene rings is 2. The first-order valence-electron chi connectivity index (χ1n) is 9.30. The van der Waals surface area contributed by atoms with Crippen molar-refractivity contribution in [3.05, 3.63) is 57.6 Å². The van der Waals surface area contributed by atoms with E-state index in [1.54, 1.807) is 18.2 Å². The monoisotopic (exact) mass is 441 g/mol. The van der Waals surface area contributed by atoms with Crippen LogP contribution < -0.4 is 14.8 Å². The fourth-order valence-electron chi connectivity index (χ4n) is 3.25. The largest absolute Gasteiger partial charge is 0.454 e. The highest BCUT2D eigenvalue weighted by Gasteiger charge is 2.42. The lowest BCUT2D eigenvalue weighted by Gasteiger charge is -2.16. The average molecular weight is 441 g/mol. The number of nitro groups is 1. The number of fused-ring (bicyclic) bond motifs is 2. The molecule has 2 aliphatic rings. The van der Waals surface area contributed by atoms with Gasteiger partial charge in [-0.15, -0.1) is 0 Å². The van der Waals surface area contributed by atoms with E-state index in [4.69, 9.17) is 14.2 Å². The molecular formula is C20H15N3O9. The van der Waals surface area contributed by atoms with Gasteiger partial charge < -0.3 is 19.5 Å². The molecule has 0 radical (unpaired) electrons. The van der Waals surface area contributed by atoms with Crippen molar-refractivity contribution in [1.82, 2.24) is 4.90 Å². The van der Waals surface area contributed by atoms with Crippen LogP contribution in [0.25, 0.3) is 0 Å². The molecule has 164 valence electrons. The van der Waals surface area contributed by atoms with Crippen LogP contribution >= 0.6 is 0 Å². The molecular weight excluding hydrogens is 426 g/mol. The van der Waals surface area contributed by atoms with Crippen LogP contribution in [0.4, 0.5) is 11.4 Å². The fraction of sp³-hybridized carbons (Fsp3) is 0.200. The predicted octanol–water partition coefficient (Wildman–Crippen LogP) is 1.49. The molecule has 3 amide bonds. The Balaban J connectivity index is 1.38. The Morgan fingerprint density at radius 1 is 1.19 bits per heavy atom. The number of nitrogens with one attached hydrogen (secondary N) is 1. The quantitative estimate of drug-likeness (QED) is 0.304. The van der Waals surface area contributed by atoms with Gasteiger partial charge in [-0.25, -0.2) is 0 Å². The first-order chi connectivity index (χ1) is 15.3. The van der Waals surface area contributed by atoms with E-state index in [1.165, 1.54) is 19.1 Å². The minimum absolute atomic E-state index is 0.0711. The maximum absolute atomic E-state index is 12.5. The van der Waals surface area contributed by atoms with Gasteiger partial charge in [0.1, 0.15) is 12.1 Å². The van der Waals surface area contributed by atoms with Gasteiger partial charge in [0.2, 0.25) is 6.79 Å². The Morgan fingerprint density at radius 2 is 1.94 bits per heavy atom. The molecule has 2 aromatic rings. The molecule has 0 fully saturated rings. The van der Waals surface area contributed by atoms with Crippen LogP contribution in [0.2, 0.25) is 0 Å². The van der Waals surface area contributed by atoms with E-state index >= 15 is 0 Å². The smallest absolute Gasteiger partial charge is 0.326 e. The van der Waals surface area contributed by atoms with E-state index in [0.717, 1.165) is 6.07 Å². The number of esters is 1. The lowest BCUT2D eigenvalue weighted by molar-refractivity contribution is -0.385. The van der Waals surface area contributed by atoms with Crippen molar-refractivity contribution in [2.24, 2.45) is 0 Å². The Labute approximate surface area is 179 Å². The standard InChI is InChI=1S/C20H15N3O9/c1-10(18(25)21-11-5-6-14-15(7-11)31-9-30-14)32-16(24)8-22-19(26)12-3-2-4-13(23(28)29)17(12)20(22)27/h2-7,10H,8-9H2,1H3,(H,21,25)/t10-/m0/s1. The number of anilines is 1. The van der Waals surface area contributed by atoms with E-state index in [2.05, 4.69) is 5.32 Å². The van der Waals surface area contributed by atoms with Crippen LogP contribution in [-0.2, 0) is 14.3 Å². The van der Waals surface area contributed by atoms with Gasteiger partial charge in [-0.2, -0.15) is 0 Å². The molecule has 2 heterocycles. The number of nitrogens with zero attached hydrogens (tertiary/aromatic N) is 2. The van der Waals surface area contributed by atoms with E-state index in [9.17, 15) is 29.3 Å². The molecule has 0 saturated carbocycles. The third kappa shape index (κ3) is 3.69. The molecule has 12 heteroatoms. The summed E-state index contributed by atoms with van der Waals surface area (Å²) in [5.74, 6) is -2.55. The number of carbonyl (C=O) groups excluding carboxylic acids is 4. The molecule has 1 atom stereocenters. The zero-order chi connectivity index (χ0) is 23.0. The number of nitro benzene ring substituents is 1. The SMILES string of the molecule is C[C@H](OC(=O)CN1C(=O)c2cccc([N+](=O)[O-])c2C1=O)C(=O)Nc1ccc2c(c1)OCO2. The van der Waals surface area contributed by atoms with Gasteiger partial charge in [0.05, 0.1) is 10.5 Å². The summed E-state index contributed by atoms with van der Waals surface area (Å²) in [5.41, 5.74) is -0.711. The summed E-state index contributed by atoms with van der Waals surface area (Å²) in [6, 6.07) is 8.35. The van der Waals surface area contributed by atoms with Gasteiger partial charge in [0, 0.05) is 17.8 Å². The van der Waals surface area contributed by atoms with Crippen LogP contribution in [0, 0.1) is 10.1 Å². The van der Waals surface area contributed by atoms with Gasteiger partial charge >= 0.3 is 5.97 Å². The van der Waals surface area contributed by atoms with E-state index in [1.807, 2.05) is 0 Å². The molecule has 0 aromatic heterocycles. The molecule has 0 bridgehead atoms. The highest BCUT2D eigenvalue weighted by molar-refractivity contribution is 6.24. The number of hydrogen-bond acceptors (Lipinski definition) is 9. The number of hydrogen-bond donors (Lipinski definition) is 1. The molecule has 4 rings (SSSR count). The summed E-state index contributed by atoms with van der Waals surface area (Å²) >= 11 is 0. The maximum Gasteiger partial charge on any atom is 0.326 e. The first kappa shape index (κ1) is 20.8. The van der Waals surface area contributed by atoms with Crippen molar-refractivity contribution in [1.29, 1.82) is 0 Å². The summed E-state index contributed by atoms with van der Waals surface area (Å²) in [6.07, 6.45) is -1.25. The van der Waals surface area contributed by atoms with Crippen LogP contribution in [0.15, 0.2) is 36.4 Å². The number of imide groups is 1. The molecule has 2 aromatic carbocycles. The Morgan fingerprint density at radius 3 is 2.69 bits per heavy atom. The van der Waals surface area contributed by atoms with Crippen molar-refractivity contribution in [3.8, 4) is 11.5 Å². The van der Waals surface area contributed by atoms with Gasteiger partial charge in [-0.05, 0) is 25.1 Å². The Bertz CT molecular complexity index is 1180. The van der Waals surface area contributed by atoms with E-state index in [0.29, 0.717) is 22.1 Å². The molecule has 0 spiro atoms. The van der Waals surface area contributed by atoms with Crippen LogP contribution in [0.5, 0.6) is 11.5 Å². The van der Waals surface area contributed by atoms with Crippen LogP contribution in [0.1, 0.15) is 27.6 Å². The third-order valence-electron chi connectivity index (χ3n) is 4.78. The van der Waals surface area contributed by atoms with Crippen molar-refractivity contribution < 1.29 is 38.3 Å². The summed E-state index contributed by atoms with van der Waals surface area (Å²) in [4.78, 5) is 60.5. The van der Waals surface area contributed by atoms with E-state index in [-0.39, 0.29) is 17.9 Å². The summed E-state index contributed by atoms with van der Waals surface area (Å²) in [5, 5.41) is 13.7. The second-order valence-electron chi connectivity index (χ2n) is 6.84. The number of carbonyl (C=O) groups is 4. The second-order valence-corrected chi connectivity index (χ2v) is 6.84. The van der Waals surface area contributed by atoms with Gasteiger partial charge in [-0.3, -0.25) is 34.2 Å². The molecule has 12 nitrogen and oxygen atoms in total. The van der Waals surface area contributed by atoms with Crippen LogP contribution in [-0.4, -0.2) is 53.0 Å². The predicted molar refractivity (Wildman–Crippen MR) is 105 cm³/mol. The average Bonchev–Trinajstić information content (AvgIpc) is 3.32. The molecule has 32 heavy (non-hydrogen) atoms. The zero-order valence-electron chi connectivity index (χ0n) is 16.5. The maximum atomic E-state index is 12.5. The van der Waals surface area contributed by atoms with Gasteiger partial charge in [0.25, 0.3) is 23.4 Å². The lowest BCUT2D eigenvalue weighted by atomic mass is 10.1. The van der Waals surface area contributed by atoms with Gasteiger partial charge in [0.15, 0.2) is 17.6 Å². The van der Waals surface area contributed by atoms with Crippen LogP contribution in [0.3, 0.4) is 0 Å². The second kappa shape index (κ2) is 7.98. The number of amides is 3. The molecule has 1 N–H and O–H groups in total. The first-order valence-corrected chi connectivity index (χ1v) is 9.30. The summed E-state index contributed by atoms with van der Waals surface area (Å²) in [7, 11) is 0.